The normalized spacial score (nSPS) is 18.6. The quantitative estimate of drug-likeness (QED) is 0.836. The molecule has 100 valence electrons. The van der Waals surface area contributed by atoms with Crippen LogP contribution in [0.15, 0.2) is 6.20 Å². The van der Waals surface area contributed by atoms with Gasteiger partial charge >= 0.3 is 5.97 Å². The van der Waals surface area contributed by atoms with Gasteiger partial charge in [-0.05, 0) is 19.8 Å². The van der Waals surface area contributed by atoms with Crippen molar-refractivity contribution in [2.75, 3.05) is 13.7 Å². The Morgan fingerprint density at radius 3 is 2.78 bits per heavy atom. The van der Waals surface area contributed by atoms with Gasteiger partial charge in [0.25, 0.3) is 0 Å². The maximum Gasteiger partial charge on any atom is 0.356 e. The summed E-state index contributed by atoms with van der Waals surface area (Å²) in [5, 5.41) is 0. The maximum absolute atomic E-state index is 11.4. The third-order valence-corrected chi connectivity index (χ3v) is 3.49. The summed E-state index contributed by atoms with van der Waals surface area (Å²) in [7, 11) is 1.36. The number of carbonyl (C=O) groups excluding carboxylic acids is 1. The van der Waals surface area contributed by atoms with Gasteiger partial charge in [-0.15, -0.1) is 0 Å². The first-order valence-corrected chi connectivity index (χ1v) is 6.49. The Labute approximate surface area is 107 Å². The number of ether oxygens (including phenoxy) is 2. The second kappa shape index (κ2) is 5.52. The van der Waals surface area contributed by atoms with Gasteiger partial charge in [-0.2, -0.15) is 0 Å². The first-order chi connectivity index (χ1) is 8.72. The number of H-pyrrole nitrogens is 1. The van der Waals surface area contributed by atoms with Crippen molar-refractivity contribution < 1.29 is 14.3 Å². The van der Waals surface area contributed by atoms with Crippen molar-refractivity contribution in [3.05, 3.63) is 17.7 Å². The molecule has 0 aliphatic heterocycles. The van der Waals surface area contributed by atoms with Crippen LogP contribution in [0.25, 0.3) is 0 Å². The zero-order valence-electron chi connectivity index (χ0n) is 11.0. The number of imidazole rings is 1. The van der Waals surface area contributed by atoms with Crippen LogP contribution < -0.4 is 0 Å². The van der Waals surface area contributed by atoms with Crippen LogP contribution in [-0.2, 0) is 15.1 Å². The van der Waals surface area contributed by atoms with E-state index in [0.29, 0.717) is 12.3 Å². The van der Waals surface area contributed by atoms with Crippen LogP contribution in [0.4, 0.5) is 0 Å². The summed E-state index contributed by atoms with van der Waals surface area (Å²) in [6.45, 7) is 2.63. The van der Waals surface area contributed by atoms with E-state index >= 15 is 0 Å². The monoisotopic (exact) mass is 252 g/mol. The van der Waals surface area contributed by atoms with Crippen LogP contribution in [0.2, 0.25) is 0 Å². The maximum atomic E-state index is 11.4. The zero-order valence-corrected chi connectivity index (χ0v) is 11.0. The first-order valence-electron chi connectivity index (χ1n) is 6.49. The number of esters is 1. The second-order valence-electron chi connectivity index (χ2n) is 4.63. The Morgan fingerprint density at radius 2 is 2.17 bits per heavy atom. The predicted octanol–water partition coefficient (Wildman–Crippen LogP) is 2.39. The number of nitrogens with zero attached hydrogens (tertiary/aromatic N) is 1. The van der Waals surface area contributed by atoms with Crippen LogP contribution in [0.3, 0.4) is 0 Å². The molecule has 1 aromatic rings. The van der Waals surface area contributed by atoms with Gasteiger partial charge in [0.15, 0.2) is 0 Å². The van der Waals surface area contributed by atoms with Gasteiger partial charge in [0.2, 0.25) is 0 Å². The Morgan fingerprint density at radius 1 is 1.44 bits per heavy atom. The molecule has 0 atom stereocenters. The molecule has 1 aliphatic rings. The molecule has 1 aromatic heterocycles. The molecule has 0 saturated heterocycles. The largest absolute Gasteiger partial charge is 0.464 e. The van der Waals surface area contributed by atoms with Gasteiger partial charge in [0, 0.05) is 6.61 Å². The minimum atomic E-state index is -0.392. The molecule has 0 radical (unpaired) electrons. The SMILES string of the molecule is CCOC1(c2ncc(C(=O)OC)[nH]2)CCCCC1. The van der Waals surface area contributed by atoms with E-state index in [1.807, 2.05) is 6.92 Å². The number of aromatic nitrogens is 2. The topological polar surface area (TPSA) is 64.2 Å². The number of carbonyl (C=O) groups is 1. The fourth-order valence-electron chi connectivity index (χ4n) is 2.62. The molecule has 0 spiro atoms. The summed E-state index contributed by atoms with van der Waals surface area (Å²) in [6, 6.07) is 0. The van der Waals surface area contributed by atoms with E-state index in [1.165, 1.54) is 19.7 Å². The summed E-state index contributed by atoms with van der Waals surface area (Å²) in [4.78, 5) is 18.8. The molecule has 18 heavy (non-hydrogen) atoms. The third-order valence-electron chi connectivity index (χ3n) is 3.49. The van der Waals surface area contributed by atoms with E-state index < -0.39 is 5.97 Å². The Kier molecular flexibility index (Phi) is 4.01. The van der Waals surface area contributed by atoms with E-state index in [-0.39, 0.29) is 5.60 Å². The number of hydrogen-bond donors (Lipinski definition) is 1. The zero-order chi connectivity index (χ0) is 13.0. The average Bonchev–Trinajstić information content (AvgIpc) is 2.89. The molecule has 5 nitrogen and oxygen atoms in total. The summed E-state index contributed by atoms with van der Waals surface area (Å²) < 4.78 is 10.6. The highest BCUT2D eigenvalue weighted by Crippen LogP contribution is 2.39. The smallest absolute Gasteiger partial charge is 0.356 e. The van der Waals surface area contributed by atoms with Crippen molar-refractivity contribution in [3.63, 3.8) is 0 Å². The molecule has 1 fully saturated rings. The molecule has 0 bridgehead atoms. The van der Waals surface area contributed by atoms with E-state index in [9.17, 15) is 4.79 Å². The lowest BCUT2D eigenvalue weighted by atomic mass is 9.84. The molecule has 0 aromatic carbocycles. The summed E-state index contributed by atoms with van der Waals surface area (Å²) in [5.41, 5.74) is 0.0383. The van der Waals surface area contributed by atoms with Gasteiger partial charge < -0.3 is 14.5 Å². The van der Waals surface area contributed by atoms with E-state index in [2.05, 4.69) is 14.7 Å². The number of methoxy groups -OCH3 is 1. The molecule has 5 heteroatoms. The number of rotatable bonds is 4. The lowest BCUT2D eigenvalue weighted by Gasteiger charge is -2.35. The minimum absolute atomic E-state index is 0.348. The molecule has 2 rings (SSSR count). The molecule has 1 N–H and O–H groups in total. The van der Waals surface area contributed by atoms with Gasteiger partial charge in [-0.25, -0.2) is 9.78 Å². The number of hydrogen-bond acceptors (Lipinski definition) is 4. The molecule has 0 unspecified atom stereocenters. The van der Waals surface area contributed by atoms with Crippen LogP contribution >= 0.6 is 0 Å². The molecular weight excluding hydrogens is 232 g/mol. The summed E-state index contributed by atoms with van der Waals surface area (Å²) >= 11 is 0. The first kappa shape index (κ1) is 13.1. The molecule has 1 aliphatic carbocycles. The summed E-state index contributed by atoms with van der Waals surface area (Å²) in [6.07, 6.45) is 6.93. The van der Waals surface area contributed by atoms with Crippen LogP contribution in [0.5, 0.6) is 0 Å². The van der Waals surface area contributed by atoms with E-state index in [0.717, 1.165) is 31.5 Å². The number of aromatic amines is 1. The van der Waals surface area contributed by atoms with Gasteiger partial charge in [-0.3, -0.25) is 0 Å². The fraction of sp³-hybridized carbons (Fsp3) is 0.692. The molecular formula is C13H20N2O3. The van der Waals surface area contributed by atoms with Crippen molar-refractivity contribution in [1.82, 2.24) is 9.97 Å². The molecule has 1 heterocycles. The highest BCUT2D eigenvalue weighted by molar-refractivity contribution is 5.86. The lowest BCUT2D eigenvalue weighted by molar-refractivity contribution is -0.0762. The van der Waals surface area contributed by atoms with Crippen molar-refractivity contribution in [2.45, 2.75) is 44.6 Å². The lowest BCUT2D eigenvalue weighted by Crippen LogP contribution is -2.33. The highest BCUT2D eigenvalue weighted by atomic mass is 16.5. The van der Waals surface area contributed by atoms with Gasteiger partial charge in [-0.1, -0.05) is 19.3 Å². The van der Waals surface area contributed by atoms with Crippen LogP contribution in [0.1, 0.15) is 55.3 Å². The second-order valence-corrected chi connectivity index (χ2v) is 4.63. The Hall–Kier alpha value is -1.36. The van der Waals surface area contributed by atoms with Crippen molar-refractivity contribution >= 4 is 5.97 Å². The predicted molar refractivity (Wildman–Crippen MR) is 66.3 cm³/mol. The van der Waals surface area contributed by atoms with Crippen LogP contribution in [0, 0.1) is 0 Å². The van der Waals surface area contributed by atoms with E-state index in [1.54, 1.807) is 0 Å². The van der Waals surface area contributed by atoms with Crippen molar-refractivity contribution in [3.8, 4) is 0 Å². The molecule has 0 amide bonds. The third kappa shape index (κ3) is 2.41. The Bertz CT molecular complexity index is 403. The number of nitrogens with one attached hydrogen (secondary N) is 1. The standard InChI is InChI=1S/C13H20N2O3/c1-3-18-13(7-5-4-6-8-13)12-14-9-10(15-12)11(16)17-2/h9H,3-8H2,1-2H3,(H,14,15). The van der Waals surface area contributed by atoms with Crippen LogP contribution in [-0.4, -0.2) is 29.7 Å². The highest BCUT2D eigenvalue weighted by Gasteiger charge is 2.37. The fourth-order valence-corrected chi connectivity index (χ4v) is 2.62. The van der Waals surface area contributed by atoms with Gasteiger partial charge in [0.1, 0.15) is 17.1 Å². The molecule has 1 saturated carbocycles. The van der Waals surface area contributed by atoms with Gasteiger partial charge in [0.05, 0.1) is 13.3 Å². The van der Waals surface area contributed by atoms with Crippen molar-refractivity contribution in [1.29, 1.82) is 0 Å². The summed E-state index contributed by atoms with van der Waals surface area (Å²) in [5.74, 6) is 0.362. The van der Waals surface area contributed by atoms with E-state index in [4.69, 9.17) is 4.74 Å². The Balaban J connectivity index is 2.25. The van der Waals surface area contributed by atoms with Crippen molar-refractivity contribution in [2.24, 2.45) is 0 Å². The average molecular weight is 252 g/mol. The minimum Gasteiger partial charge on any atom is -0.464 e.